The molecule has 2 aromatic rings. The minimum absolute atomic E-state index is 0.0787. The average Bonchev–Trinajstić information content (AvgIpc) is 2.85. The molecule has 0 aromatic carbocycles. The van der Waals surface area contributed by atoms with E-state index in [0.29, 0.717) is 5.76 Å². The van der Waals surface area contributed by atoms with E-state index in [0.717, 1.165) is 0 Å². The van der Waals surface area contributed by atoms with E-state index >= 15 is 0 Å². The van der Waals surface area contributed by atoms with Crippen molar-refractivity contribution in [1.82, 2.24) is 10.1 Å². The number of carbonyl (C=O) groups excluding carboxylic acids is 1. The number of nitrogens with zero attached hydrogens (tertiary/aromatic N) is 2. The van der Waals surface area contributed by atoms with Crippen LogP contribution in [0.4, 0.5) is 0 Å². The second kappa shape index (κ2) is 4.36. The van der Waals surface area contributed by atoms with E-state index in [1.807, 2.05) is 0 Å². The molecule has 84 valence electrons. The Morgan fingerprint density at radius 2 is 2.38 bits per heavy atom. The van der Waals surface area contributed by atoms with Gasteiger partial charge in [-0.15, -0.1) is 0 Å². The maximum absolute atomic E-state index is 11.2. The molecule has 0 unspecified atom stereocenters. The predicted octanol–water partition coefficient (Wildman–Crippen LogP) is 2.16. The van der Waals surface area contributed by atoms with Gasteiger partial charge in [-0.3, -0.25) is 0 Å². The third kappa shape index (κ3) is 2.06. The quantitative estimate of drug-likeness (QED) is 0.768. The van der Waals surface area contributed by atoms with E-state index in [1.165, 1.54) is 6.07 Å². The SMILES string of the molecule is CCOC(=O)c1noc(-c2ccc(Cl)o2)n1. The summed E-state index contributed by atoms with van der Waals surface area (Å²) in [6, 6.07) is 3.09. The van der Waals surface area contributed by atoms with Crippen LogP contribution in [0.5, 0.6) is 0 Å². The van der Waals surface area contributed by atoms with Crippen LogP contribution in [-0.2, 0) is 4.74 Å². The lowest BCUT2D eigenvalue weighted by molar-refractivity contribution is 0.0508. The van der Waals surface area contributed by atoms with E-state index < -0.39 is 5.97 Å². The molecule has 0 aliphatic carbocycles. The lowest BCUT2D eigenvalue weighted by Gasteiger charge is -1.93. The molecule has 2 aromatic heterocycles. The number of esters is 1. The summed E-state index contributed by atoms with van der Waals surface area (Å²) in [5.74, 6) is -0.414. The fourth-order valence-corrected chi connectivity index (χ4v) is 1.18. The van der Waals surface area contributed by atoms with Gasteiger partial charge in [0, 0.05) is 0 Å². The average molecular weight is 243 g/mol. The molecule has 0 aliphatic rings. The standard InChI is InChI=1S/C9H7ClN2O4/c1-2-14-9(13)7-11-8(16-12-7)5-3-4-6(10)15-5/h3-4H,2H2,1H3. The summed E-state index contributed by atoms with van der Waals surface area (Å²) in [4.78, 5) is 15.0. The summed E-state index contributed by atoms with van der Waals surface area (Å²) in [6.45, 7) is 1.93. The largest absolute Gasteiger partial charge is 0.460 e. The number of hydrogen-bond donors (Lipinski definition) is 0. The highest BCUT2D eigenvalue weighted by atomic mass is 35.5. The lowest BCUT2D eigenvalue weighted by atomic mass is 10.4. The number of aromatic nitrogens is 2. The van der Waals surface area contributed by atoms with E-state index in [-0.39, 0.29) is 23.5 Å². The van der Waals surface area contributed by atoms with Crippen LogP contribution in [0.1, 0.15) is 17.5 Å². The number of halogens is 1. The monoisotopic (exact) mass is 242 g/mol. The van der Waals surface area contributed by atoms with Crippen molar-refractivity contribution in [2.45, 2.75) is 6.92 Å². The summed E-state index contributed by atoms with van der Waals surface area (Å²) >= 11 is 5.58. The number of ether oxygens (including phenoxy) is 1. The van der Waals surface area contributed by atoms with Crippen LogP contribution in [0.2, 0.25) is 5.22 Å². The van der Waals surface area contributed by atoms with Gasteiger partial charge in [0.05, 0.1) is 6.61 Å². The fourth-order valence-electron chi connectivity index (χ4n) is 1.03. The number of carbonyl (C=O) groups is 1. The molecule has 7 heteroatoms. The van der Waals surface area contributed by atoms with Crippen LogP contribution >= 0.6 is 11.6 Å². The summed E-state index contributed by atoms with van der Waals surface area (Å²) in [6.07, 6.45) is 0. The van der Waals surface area contributed by atoms with E-state index in [1.54, 1.807) is 13.0 Å². The van der Waals surface area contributed by atoms with Crippen LogP contribution in [0.15, 0.2) is 21.1 Å². The van der Waals surface area contributed by atoms with Gasteiger partial charge < -0.3 is 13.7 Å². The van der Waals surface area contributed by atoms with Gasteiger partial charge in [0.2, 0.25) is 0 Å². The third-order valence-corrected chi connectivity index (χ3v) is 1.87. The molecule has 0 atom stereocenters. The van der Waals surface area contributed by atoms with Gasteiger partial charge in [0.1, 0.15) is 0 Å². The molecule has 0 saturated heterocycles. The van der Waals surface area contributed by atoms with Gasteiger partial charge >= 0.3 is 5.97 Å². The van der Waals surface area contributed by atoms with Crippen molar-refractivity contribution in [3.05, 3.63) is 23.2 Å². The topological polar surface area (TPSA) is 78.4 Å². The van der Waals surface area contributed by atoms with E-state index in [2.05, 4.69) is 10.1 Å². The zero-order valence-corrected chi connectivity index (χ0v) is 9.02. The molecule has 6 nitrogen and oxygen atoms in total. The molecule has 0 N–H and O–H groups in total. The maximum Gasteiger partial charge on any atom is 0.379 e. The van der Waals surface area contributed by atoms with E-state index in [4.69, 9.17) is 25.3 Å². The van der Waals surface area contributed by atoms with Gasteiger partial charge in [-0.2, -0.15) is 4.98 Å². The highest BCUT2D eigenvalue weighted by Crippen LogP contribution is 2.22. The Morgan fingerprint density at radius 3 is 3.00 bits per heavy atom. The lowest BCUT2D eigenvalue weighted by Crippen LogP contribution is -2.06. The molecule has 0 amide bonds. The van der Waals surface area contributed by atoms with Crippen LogP contribution in [0.3, 0.4) is 0 Å². The van der Waals surface area contributed by atoms with Gasteiger partial charge in [-0.25, -0.2) is 4.79 Å². The number of rotatable bonds is 3. The van der Waals surface area contributed by atoms with Crippen LogP contribution in [-0.4, -0.2) is 22.7 Å². The van der Waals surface area contributed by atoms with Crippen LogP contribution in [0, 0.1) is 0 Å². The molecular weight excluding hydrogens is 236 g/mol. The van der Waals surface area contributed by atoms with Crippen molar-refractivity contribution in [3.8, 4) is 11.7 Å². The molecule has 0 bridgehead atoms. The van der Waals surface area contributed by atoms with Gasteiger partial charge in [-0.05, 0) is 35.8 Å². The Bertz CT molecular complexity index is 505. The van der Waals surface area contributed by atoms with Crippen molar-refractivity contribution in [2.75, 3.05) is 6.61 Å². The molecule has 0 aliphatic heterocycles. The molecular formula is C9H7ClN2O4. The van der Waals surface area contributed by atoms with Crippen molar-refractivity contribution in [2.24, 2.45) is 0 Å². The fraction of sp³-hybridized carbons (Fsp3) is 0.222. The summed E-state index contributed by atoms with van der Waals surface area (Å²) in [5, 5.41) is 3.66. The normalized spacial score (nSPS) is 10.4. The molecule has 0 spiro atoms. The third-order valence-electron chi connectivity index (χ3n) is 1.67. The second-order valence-corrected chi connectivity index (χ2v) is 3.12. The van der Waals surface area contributed by atoms with Gasteiger partial charge in [0.25, 0.3) is 11.7 Å². The van der Waals surface area contributed by atoms with Gasteiger partial charge in [-0.1, -0.05) is 0 Å². The summed E-state index contributed by atoms with van der Waals surface area (Å²) < 4.78 is 14.6. The van der Waals surface area contributed by atoms with Crippen LogP contribution in [0.25, 0.3) is 11.7 Å². The molecule has 0 radical (unpaired) electrons. The minimum atomic E-state index is -0.643. The van der Waals surface area contributed by atoms with E-state index in [9.17, 15) is 4.79 Å². The second-order valence-electron chi connectivity index (χ2n) is 2.75. The van der Waals surface area contributed by atoms with Crippen LogP contribution < -0.4 is 0 Å². The Morgan fingerprint density at radius 1 is 1.56 bits per heavy atom. The van der Waals surface area contributed by atoms with Crippen molar-refractivity contribution in [3.63, 3.8) is 0 Å². The Balaban J connectivity index is 2.22. The first-order chi connectivity index (χ1) is 7.70. The maximum atomic E-state index is 11.2. The first-order valence-corrected chi connectivity index (χ1v) is 4.85. The highest BCUT2D eigenvalue weighted by molar-refractivity contribution is 6.28. The first-order valence-electron chi connectivity index (χ1n) is 4.47. The number of hydrogen-bond acceptors (Lipinski definition) is 6. The highest BCUT2D eigenvalue weighted by Gasteiger charge is 2.18. The first kappa shape index (κ1) is 10.7. The van der Waals surface area contributed by atoms with Crippen molar-refractivity contribution < 1.29 is 18.5 Å². The molecule has 2 rings (SSSR count). The van der Waals surface area contributed by atoms with Crippen molar-refractivity contribution in [1.29, 1.82) is 0 Å². The van der Waals surface area contributed by atoms with Crippen molar-refractivity contribution >= 4 is 17.6 Å². The summed E-state index contributed by atoms with van der Waals surface area (Å²) in [5.41, 5.74) is 0. The smallest absolute Gasteiger partial charge is 0.379 e. The van der Waals surface area contributed by atoms with Gasteiger partial charge in [0.15, 0.2) is 11.0 Å². The minimum Gasteiger partial charge on any atom is -0.460 e. The predicted molar refractivity (Wildman–Crippen MR) is 53.0 cm³/mol. The molecule has 0 saturated carbocycles. The molecule has 0 fully saturated rings. The molecule has 16 heavy (non-hydrogen) atoms. The Labute approximate surface area is 95.1 Å². The zero-order chi connectivity index (χ0) is 11.5. The Hall–Kier alpha value is -1.82. The molecule has 2 heterocycles. The summed E-state index contributed by atoms with van der Waals surface area (Å²) in [7, 11) is 0. The zero-order valence-electron chi connectivity index (χ0n) is 8.27. The number of furan rings is 1. The Kier molecular flexibility index (Phi) is 2.91.